The predicted molar refractivity (Wildman–Crippen MR) is 96.9 cm³/mol. The third-order valence-corrected chi connectivity index (χ3v) is 5.65. The van der Waals surface area contributed by atoms with Gasteiger partial charge in [0.05, 0.1) is 6.04 Å². The highest BCUT2D eigenvalue weighted by Gasteiger charge is 2.48. The molecule has 26 heavy (non-hydrogen) atoms. The number of amides is 1. The van der Waals surface area contributed by atoms with E-state index in [0.717, 1.165) is 37.3 Å². The highest BCUT2D eigenvalue weighted by Crippen LogP contribution is 2.45. The lowest BCUT2D eigenvalue weighted by molar-refractivity contribution is -0.130. The Balaban J connectivity index is 1.55. The van der Waals surface area contributed by atoms with Crippen LogP contribution in [0.5, 0.6) is 5.75 Å². The third kappa shape index (κ3) is 3.19. The van der Waals surface area contributed by atoms with E-state index in [1.54, 1.807) is 31.2 Å². The molecule has 3 atom stereocenters. The molecule has 2 aliphatic rings. The van der Waals surface area contributed by atoms with Crippen molar-refractivity contribution in [2.45, 2.75) is 19.5 Å². The summed E-state index contributed by atoms with van der Waals surface area (Å²) in [5, 5.41) is 9.66. The molecule has 0 unspecified atom stereocenters. The van der Waals surface area contributed by atoms with E-state index in [1.165, 1.54) is 6.07 Å². The number of hydrogen-bond acceptors (Lipinski definition) is 3. The largest absolute Gasteiger partial charge is 0.508 e. The van der Waals surface area contributed by atoms with Crippen molar-refractivity contribution < 1.29 is 14.3 Å². The first-order valence-electron chi connectivity index (χ1n) is 9.04. The SMILES string of the molecule is CC(=O)N1C[C@H]2CN(Cc3cccc(O)c3)C[C@H]2[C@@H]1c1cccc(F)c1. The smallest absolute Gasteiger partial charge is 0.219 e. The molecular formula is C21H23FN2O2. The molecule has 4 rings (SSSR count). The summed E-state index contributed by atoms with van der Waals surface area (Å²) in [7, 11) is 0. The van der Waals surface area contributed by atoms with Gasteiger partial charge in [0.25, 0.3) is 0 Å². The van der Waals surface area contributed by atoms with Gasteiger partial charge in [-0.3, -0.25) is 9.69 Å². The minimum absolute atomic E-state index is 0.0493. The van der Waals surface area contributed by atoms with Crippen LogP contribution >= 0.6 is 0 Å². The Labute approximate surface area is 152 Å². The Hall–Kier alpha value is -2.40. The zero-order chi connectivity index (χ0) is 18.3. The maximum absolute atomic E-state index is 13.8. The number of halogens is 1. The number of nitrogens with zero attached hydrogens (tertiary/aromatic N) is 2. The summed E-state index contributed by atoms with van der Waals surface area (Å²) < 4.78 is 13.8. The minimum Gasteiger partial charge on any atom is -0.508 e. The molecule has 0 radical (unpaired) electrons. The Morgan fingerprint density at radius 2 is 1.96 bits per heavy atom. The lowest BCUT2D eigenvalue weighted by atomic mass is 9.89. The molecule has 136 valence electrons. The van der Waals surface area contributed by atoms with Gasteiger partial charge in [-0.2, -0.15) is 0 Å². The number of likely N-dealkylation sites (tertiary alicyclic amines) is 2. The van der Waals surface area contributed by atoms with E-state index >= 15 is 0 Å². The van der Waals surface area contributed by atoms with Crippen molar-refractivity contribution in [3.63, 3.8) is 0 Å². The van der Waals surface area contributed by atoms with Gasteiger partial charge >= 0.3 is 0 Å². The van der Waals surface area contributed by atoms with Crippen LogP contribution in [0.3, 0.4) is 0 Å². The van der Waals surface area contributed by atoms with Crippen molar-refractivity contribution in [1.29, 1.82) is 0 Å². The zero-order valence-corrected chi connectivity index (χ0v) is 14.8. The molecule has 2 saturated heterocycles. The number of fused-ring (bicyclic) bond motifs is 1. The summed E-state index contributed by atoms with van der Waals surface area (Å²) in [6.07, 6.45) is 0. The highest BCUT2D eigenvalue weighted by atomic mass is 19.1. The monoisotopic (exact) mass is 354 g/mol. The molecule has 0 spiro atoms. The van der Waals surface area contributed by atoms with Crippen molar-refractivity contribution >= 4 is 5.91 Å². The van der Waals surface area contributed by atoms with Crippen molar-refractivity contribution in [1.82, 2.24) is 9.80 Å². The number of carbonyl (C=O) groups is 1. The molecule has 2 aromatic rings. The number of phenols is 1. The quantitative estimate of drug-likeness (QED) is 0.921. The Morgan fingerprint density at radius 3 is 2.69 bits per heavy atom. The van der Waals surface area contributed by atoms with Crippen LogP contribution in [0, 0.1) is 17.7 Å². The first-order chi connectivity index (χ1) is 12.5. The second kappa shape index (κ2) is 6.72. The van der Waals surface area contributed by atoms with Gasteiger partial charge in [0.2, 0.25) is 5.91 Å². The third-order valence-electron chi connectivity index (χ3n) is 5.65. The lowest BCUT2D eigenvalue weighted by Gasteiger charge is -2.29. The van der Waals surface area contributed by atoms with Crippen LogP contribution in [0.1, 0.15) is 24.1 Å². The van der Waals surface area contributed by atoms with Gasteiger partial charge in [-0.1, -0.05) is 24.3 Å². The molecule has 4 nitrogen and oxygen atoms in total. The summed E-state index contributed by atoms with van der Waals surface area (Å²) in [5.74, 6) is 0.766. The maximum atomic E-state index is 13.8. The Kier molecular flexibility index (Phi) is 4.41. The summed E-state index contributed by atoms with van der Waals surface area (Å²) in [5.41, 5.74) is 1.96. The minimum atomic E-state index is -0.260. The summed E-state index contributed by atoms with van der Waals surface area (Å²) in [6.45, 7) is 4.87. The number of benzene rings is 2. The fourth-order valence-electron chi connectivity index (χ4n) is 4.62. The van der Waals surface area contributed by atoms with Gasteiger partial charge in [-0.05, 0) is 41.3 Å². The summed E-state index contributed by atoms with van der Waals surface area (Å²) in [6, 6.07) is 13.9. The van der Waals surface area contributed by atoms with Gasteiger partial charge in [0, 0.05) is 39.0 Å². The second-order valence-corrected chi connectivity index (χ2v) is 7.46. The van der Waals surface area contributed by atoms with Crippen LogP contribution in [0.4, 0.5) is 4.39 Å². The zero-order valence-electron chi connectivity index (χ0n) is 14.8. The molecule has 2 aromatic carbocycles. The normalized spacial score (nSPS) is 25.5. The Morgan fingerprint density at radius 1 is 1.15 bits per heavy atom. The van der Waals surface area contributed by atoms with E-state index in [2.05, 4.69) is 4.90 Å². The fraction of sp³-hybridized carbons (Fsp3) is 0.381. The lowest BCUT2D eigenvalue weighted by Crippen LogP contribution is -2.34. The summed E-state index contributed by atoms with van der Waals surface area (Å²) in [4.78, 5) is 16.4. The number of aromatic hydroxyl groups is 1. The fourth-order valence-corrected chi connectivity index (χ4v) is 4.62. The van der Waals surface area contributed by atoms with Crippen molar-refractivity contribution in [2.75, 3.05) is 19.6 Å². The molecule has 2 heterocycles. The van der Waals surface area contributed by atoms with Crippen molar-refractivity contribution in [3.8, 4) is 5.75 Å². The molecule has 0 saturated carbocycles. The van der Waals surface area contributed by atoms with E-state index in [-0.39, 0.29) is 23.5 Å². The summed E-state index contributed by atoms with van der Waals surface area (Å²) >= 11 is 0. The molecule has 5 heteroatoms. The van der Waals surface area contributed by atoms with Crippen LogP contribution in [-0.4, -0.2) is 40.4 Å². The molecule has 2 aliphatic heterocycles. The van der Waals surface area contributed by atoms with Gasteiger partial charge in [-0.25, -0.2) is 4.39 Å². The standard InChI is InChI=1S/C21H23FN2O2/c1-14(25)24-12-17-11-23(10-15-4-2-7-19(26)8-15)13-20(17)21(24)16-5-3-6-18(22)9-16/h2-9,17,20-21,26H,10-13H2,1H3/t17-,20-,21+/m1/s1. The van der Waals surface area contributed by atoms with Crippen molar-refractivity contribution in [3.05, 3.63) is 65.5 Å². The highest BCUT2D eigenvalue weighted by molar-refractivity contribution is 5.74. The Bertz CT molecular complexity index is 825. The van der Waals surface area contributed by atoms with E-state index in [0.29, 0.717) is 11.8 Å². The van der Waals surface area contributed by atoms with E-state index < -0.39 is 0 Å². The van der Waals surface area contributed by atoms with E-state index in [4.69, 9.17) is 0 Å². The maximum Gasteiger partial charge on any atom is 0.219 e. The molecule has 1 N–H and O–H groups in total. The second-order valence-electron chi connectivity index (χ2n) is 7.46. The van der Waals surface area contributed by atoms with Crippen LogP contribution in [0.15, 0.2) is 48.5 Å². The van der Waals surface area contributed by atoms with Crippen LogP contribution in [-0.2, 0) is 11.3 Å². The van der Waals surface area contributed by atoms with Gasteiger partial charge in [-0.15, -0.1) is 0 Å². The predicted octanol–water partition coefficient (Wildman–Crippen LogP) is 3.18. The number of hydrogen-bond donors (Lipinski definition) is 1. The first-order valence-corrected chi connectivity index (χ1v) is 9.04. The molecule has 1 amide bonds. The van der Waals surface area contributed by atoms with Crippen LogP contribution < -0.4 is 0 Å². The molecule has 0 aliphatic carbocycles. The molecule has 2 fully saturated rings. The van der Waals surface area contributed by atoms with E-state index in [1.807, 2.05) is 23.1 Å². The van der Waals surface area contributed by atoms with Gasteiger partial charge in [0.15, 0.2) is 0 Å². The molecule has 0 bridgehead atoms. The molecule has 0 aromatic heterocycles. The van der Waals surface area contributed by atoms with Crippen LogP contribution in [0.25, 0.3) is 0 Å². The van der Waals surface area contributed by atoms with Gasteiger partial charge in [0.1, 0.15) is 11.6 Å². The van der Waals surface area contributed by atoms with Gasteiger partial charge < -0.3 is 10.0 Å². The van der Waals surface area contributed by atoms with Crippen LogP contribution in [0.2, 0.25) is 0 Å². The van der Waals surface area contributed by atoms with E-state index in [9.17, 15) is 14.3 Å². The number of phenolic OH excluding ortho intramolecular Hbond substituents is 1. The number of carbonyl (C=O) groups excluding carboxylic acids is 1. The number of rotatable bonds is 3. The topological polar surface area (TPSA) is 43.8 Å². The average molecular weight is 354 g/mol. The van der Waals surface area contributed by atoms with Crippen molar-refractivity contribution in [2.24, 2.45) is 11.8 Å². The first kappa shape index (κ1) is 17.0. The average Bonchev–Trinajstić information content (AvgIpc) is 3.11. The molecular weight excluding hydrogens is 331 g/mol.